The first kappa shape index (κ1) is 10.9. The van der Waals surface area contributed by atoms with E-state index in [2.05, 4.69) is 17.1 Å². The number of carbonyl (C=O) groups excluding carboxylic acids is 1. The highest BCUT2D eigenvalue weighted by Gasteiger charge is 2.32. The molecule has 0 atom stereocenters. The third kappa shape index (κ3) is 2.33. The number of amides is 1. The lowest BCUT2D eigenvalue weighted by Crippen LogP contribution is -2.49. The van der Waals surface area contributed by atoms with Crippen molar-refractivity contribution in [3.8, 4) is 0 Å². The van der Waals surface area contributed by atoms with E-state index in [0.717, 1.165) is 45.3 Å². The Balaban J connectivity index is 1.92. The molecule has 0 unspecified atom stereocenters. The van der Waals surface area contributed by atoms with E-state index < -0.39 is 0 Å². The van der Waals surface area contributed by atoms with Crippen LogP contribution in [0.25, 0.3) is 0 Å². The van der Waals surface area contributed by atoms with Crippen LogP contribution < -0.4 is 5.32 Å². The zero-order valence-corrected chi connectivity index (χ0v) is 9.67. The molecule has 2 fully saturated rings. The number of rotatable bonds is 3. The first-order valence-electron chi connectivity index (χ1n) is 6.34. The van der Waals surface area contributed by atoms with Crippen LogP contribution >= 0.6 is 0 Å². The van der Waals surface area contributed by atoms with E-state index in [1.165, 1.54) is 6.42 Å². The van der Waals surface area contributed by atoms with Gasteiger partial charge in [-0.25, -0.2) is 0 Å². The standard InChI is InChI=1S/C12H22N2O/c1-2-14(11-6-8-13-9-7-11)12(15)10-4-3-5-10/h10-11,13H,2-9H2,1H3. The summed E-state index contributed by atoms with van der Waals surface area (Å²) in [5.41, 5.74) is 0. The van der Waals surface area contributed by atoms with E-state index in [0.29, 0.717) is 17.9 Å². The third-order valence-corrected chi connectivity index (χ3v) is 3.83. The number of hydrogen-bond acceptors (Lipinski definition) is 2. The maximum absolute atomic E-state index is 12.2. The molecule has 86 valence electrons. The SMILES string of the molecule is CCN(C(=O)C1CCC1)C1CCNCC1. The van der Waals surface area contributed by atoms with E-state index in [1.807, 2.05) is 0 Å². The van der Waals surface area contributed by atoms with Gasteiger partial charge in [0, 0.05) is 18.5 Å². The van der Waals surface area contributed by atoms with Gasteiger partial charge in [-0.3, -0.25) is 4.79 Å². The zero-order valence-electron chi connectivity index (χ0n) is 9.67. The van der Waals surface area contributed by atoms with Crippen molar-refractivity contribution in [3.63, 3.8) is 0 Å². The van der Waals surface area contributed by atoms with Crippen molar-refractivity contribution in [2.24, 2.45) is 5.92 Å². The first-order valence-corrected chi connectivity index (χ1v) is 6.34. The number of nitrogens with one attached hydrogen (secondary N) is 1. The Morgan fingerprint density at radius 2 is 1.93 bits per heavy atom. The van der Waals surface area contributed by atoms with Gasteiger partial charge in [0.05, 0.1) is 0 Å². The van der Waals surface area contributed by atoms with Crippen LogP contribution in [0.1, 0.15) is 39.0 Å². The molecule has 0 spiro atoms. The second-order valence-corrected chi connectivity index (χ2v) is 4.73. The van der Waals surface area contributed by atoms with Crippen LogP contribution in [0.4, 0.5) is 0 Å². The summed E-state index contributed by atoms with van der Waals surface area (Å²) in [6, 6.07) is 0.504. The summed E-state index contributed by atoms with van der Waals surface area (Å²) >= 11 is 0. The van der Waals surface area contributed by atoms with Gasteiger partial charge in [0.15, 0.2) is 0 Å². The van der Waals surface area contributed by atoms with Crippen molar-refractivity contribution >= 4 is 5.91 Å². The molecular formula is C12H22N2O. The molecule has 3 nitrogen and oxygen atoms in total. The Labute approximate surface area is 92.2 Å². The predicted octanol–water partition coefficient (Wildman–Crippen LogP) is 1.39. The van der Waals surface area contributed by atoms with Crippen molar-refractivity contribution in [1.82, 2.24) is 10.2 Å². The zero-order chi connectivity index (χ0) is 10.7. The molecule has 0 aromatic heterocycles. The Bertz CT molecular complexity index is 220. The van der Waals surface area contributed by atoms with E-state index >= 15 is 0 Å². The molecule has 0 bridgehead atoms. The molecule has 0 radical (unpaired) electrons. The molecule has 1 aliphatic heterocycles. The minimum atomic E-state index is 0.361. The van der Waals surface area contributed by atoms with Gasteiger partial charge in [0.1, 0.15) is 0 Å². The Hall–Kier alpha value is -0.570. The Morgan fingerprint density at radius 3 is 2.40 bits per heavy atom. The van der Waals surface area contributed by atoms with Crippen LogP contribution in [0.3, 0.4) is 0 Å². The summed E-state index contributed by atoms with van der Waals surface area (Å²) in [6.07, 6.45) is 5.76. The second-order valence-electron chi connectivity index (χ2n) is 4.73. The summed E-state index contributed by atoms with van der Waals surface area (Å²) in [5, 5.41) is 3.35. The molecule has 1 saturated carbocycles. The molecule has 15 heavy (non-hydrogen) atoms. The lowest BCUT2D eigenvalue weighted by Gasteiger charge is -2.38. The van der Waals surface area contributed by atoms with Crippen LogP contribution in [-0.2, 0) is 4.79 Å². The third-order valence-electron chi connectivity index (χ3n) is 3.83. The van der Waals surface area contributed by atoms with Crippen molar-refractivity contribution in [1.29, 1.82) is 0 Å². The van der Waals surface area contributed by atoms with E-state index in [-0.39, 0.29) is 0 Å². The van der Waals surface area contributed by atoms with Gasteiger partial charge in [-0.05, 0) is 45.7 Å². The summed E-state index contributed by atoms with van der Waals surface area (Å²) in [7, 11) is 0. The summed E-state index contributed by atoms with van der Waals surface area (Å²) in [5.74, 6) is 0.787. The lowest BCUT2D eigenvalue weighted by molar-refractivity contribution is -0.140. The molecule has 0 aromatic carbocycles. The average Bonchev–Trinajstić information content (AvgIpc) is 2.18. The van der Waals surface area contributed by atoms with Gasteiger partial charge >= 0.3 is 0 Å². The highest BCUT2D eigenvalue weighted by atomic mass is 16.2. The number of nitrogens with zero attached hydrogens (tertiary/aromatic N) is 1. The van der Waals surface area contributed by atoms with Gasteiger partial charge in [0.2, 0.25) is 5.91 Å². The first-order chi connectivity index (χ1) is 7.33. The number of carbonyl (C=O) groups is 1. The molecule has 3 heteroatoms. The van der Waals surface area contributed by atoms with Gasteiger partial charge in [-0.1, -0.05) is 6.42 Å². The quantitative estimate of drug-likeness (QED) is 0.763. The fraction of sp³-hybridized carbons (Fsp3) is 0.917. The Kier molecular flexibility index (Phi) is 3.62. The summed E-state index contributed by atoms with van der Waals surface area (Å²) < 4.78 is 0. The molecule has 1 aliphatic carbocycles. The van der Waals surface area contributed by atoms with Crippen LogP contribution in [0, 0.1) is 5.92 Å². The molecule has 1 heterocycles. The predicted molar refractivity (Wildman–Crippen MR) is 60.6 cm³/mol. The maximum atomic E-state index is 12.2. The molecule has 0 aromatic rings. The molecular weight excluding hydrogens is 188 g/mol. The van der Waals surface area contributed by atoms with Crippen molar-refractivity contribution in [2.75, 3.05) is 19.6 Å². The lowest BCUT2D eigenvalue weighted by atomic mass is 9.83. The van der Waals surface area contributed by atoms with Crippen LogP contribution in [-0.4, -0.2) is 36.5 Å². The van der Waals surface area contributed by atoms with Crippen molar-refractivity contribution in [3.05, 3.63) is 0 Å². The molecule has 1 amide bonds. The fourth-order valence-electron chi connectivity index (χ4n) is 2.60. The van der Waals surface area contributed by atoms with E-state index in [1.54, 1.807) is 0 Å². The molecule has 2 aliphatic rings. The topological polar surface area (TPSA) is 32.3 Å². The molecule has 1 N–H and O–H groups in total. The molecule has 2 rings (SSSR count). The second kappa shape index (κ2) is 4.97. The van der Waals surface area contributed by atoms with Gasteiger partial charge in [-0.15, -0.1) is 0 Å². The Morgan fingerprint density at radius 1 is 1.27 bits per heavy atom. The normalized spacial score (nSPS) is 23.5. The van der Waals surface area contributed by atoms with Crippen molar-refractivity contribution in [2.45, 2.75) is 45.1 Å². The largest absolute Gasteiger partial charge is 0.340 e. The summed E-state index contributed by atoms with van der Waals surface area (Å²) in [6.45, 7) is 5.14. The highest BCUT2D eigenvalue weighted by molar-refractivity contribution is 5.79. The monoisotopic (exact) mass is 210 g/mol. The highest BCUT2D eigenvalue weighted by Crippen LogP contribution is 2.29. The summed E-state index contributed by atoms with van der Waals surface area (Å²) in [4.78, 5) is 14.3. The van der Waals surface area contributed by atoms with Crippen LogP contribution in [0.15, 0.2) is 0 Å². The number of hydrogen-bond donors (Lipinski definition) is 1. The minimum absolute atomic E-state index is 0.361. The van der Waals surface area contributed by atoms with E-state index in [4.69, 9.17) is 0 Å². The molecule has 1 saturated heterocycles. The van der Waals surface area contributed by atoms with Gasteiger partial charge < -0.3 is 10.2 Å². The maximum Gasteiger partial charge on any atom is 0.225 e. The average molecular weight is 210 g/mol. The van der Waals surface area contributed by atoms with Gasteiger partial charge in [0.25, 0.3) is 0 Å². The van der Waals surface area contributed by atoms with Crippen LogP contribution in [0.5, 0.6) is 0 Å². The fourth-order valence-corrected chi connectivity index (χ4v) is 2.60. The minimum Gasteiger partial charge on any atom is -0.340 e. The smallest absolute Gasteiger partial charge is 0.225 e. The van der Waals surface area contributed by atoms with Gasteiger partial charge in [-0.2, -0.15) is 0 Å². The number of piperidine rings is 1. The van der Waals surface area contributed by atoms with Crippen molar-refractivity contribution < 1.29 is 4.79 Å². The van der Waals surface area contributed by atoms with Crippen LogP contribution in [0.2, 0.25) is 0 Å². The van der Waals surface area contributed by atoms with E-state index in [9.17, 15) is 4.79 Å².